The summed E-state index contributed by atoms with van der Waals surface area (Å²) in [7, 11) is 1.64. The number of hydrogen-bond donors (Lipinski definition) is 2. The van der Waals surface area contributed by atoms with E-state index in [2.05, 4.69) is 5.10 Å². The average Bonchev–Trinajstić information content (AvgIpc) is 2.84. The molecular weight excluding hydrogens is 277 g/mol. The summed E-state index contributed by atoms with van der Waals surface area (Å²) in [6.07, 6.45) is 1.49. The minimum Gasteiger partial charge on any atom is -0.462 e. The van der Waals surface area contributed by atoms with Gasteiger partial charge >= 0.3 is 5.97 Å². The zero-order valence-electron chi connectivity index (χ0n) is 11.8. The van der Waals surface area contributed by atoms with Crippen LogP contribution >= 0.6 is 0 Å². The van der Waals surface area contributed by atoms with E-state index in [0.29, 0.717) is 0 Å². The van der Waals surface area contributed by atoms with E-state index in [4.69, 9.17) is 15.6 Å². The molecule has 1 aromatic carbocycles. The van der Waals surface area contributed by atoms with Gasteiger partial charge in [-0.25, -0.2) is 9.18 Å². The molecule has 0 aliphatic carbocycles. The Balaban J connectivity index is 2.57. The summed E-state index contributed by atoms with van der Waals surface area (Å²) in [5.74, 6) is -1.26. The summed E-state index contributed by atoms with van der Waals surface area (Å²) >= 11 is 0. The van der Waals surface area contributed by atoms with E-state index in [-0.39, 0.29) is 34.7 Å². The van der Waals surface area contributed by atoms with Gasteiger partial charge in [0, 0.05) is 24.4 Å². The Labute approximate surface area is 120 Å². The lowest BCUT2D eigenvalue weighted by molar-refractivity contribution is 0.0527. The second-order valence-electron chi connectivity index (χ2n) is 4.44. The third-order valence-electron chi connectivity index (χ3n) is 3.01. The number of carbonyl (C=O) groups is 1. The highest BCUT2D eigenvalue weighted by molar-refractivity contribution is 5.97. The zero-order valence-corrected chi connectivity index (χ0v) is 11.8. The van der Waals surface area contributed by atoms with Crippen molar-refractivity contribution >= 4 is 11.7 Å². The molecule has 0 bridgehead atoms. The molecule has 1 heterocycles. The molecule has 0 aliphatic heterocycles. The van der Waals surface area contributed by atoms with Gasteiger partial charge in [-0.3, -0.25) is 4.68 Å². The zero-order chi connectivity index (χ0) is 15.6. The molecule has 0 amide bonds. The number of nitrogens with two attached hydrogens (primary N) is 1. The van der Waals surface area contributed by atoms with Gasteiger partial charge in [-0.2, -0.15) is 5.10 Å². The Morgan fingerprint density at radius 2 is 2.24 bits per heavy atom. The minimum atomic E-state index is -0.713. The van der Waals surface area contributed by atoms with Crippen molar-refractivity contribution in [3.05, 3.63) is 35.3 Å². The Hall–Kier alpha value is -2.41. The molecular formula is C14H16FN3O3. The highest BCUT2D eigenvalue weighted by Gasteiger charge is 2.21. The van der Waals surface area contributed by atoms with Crippen LogP contribution in [0.4, 0.5) is 10.1 Å². The van der Waals surface area contributed by atoms with Gasteiger partial charge in [0.25, 0.3) is 0 Å². The summed E-state index contributed by atoms with van der Waals surface area (Å²) in [5, 5.41) is 13.2. The van der Waals surface area contributed by atoms with Crippen LogP contribution in [0.3, 0.4) is 0 Å². The number of halogens is 1. The molecule has 0 saturated carbocycles. The lowest BCUT2D eigenvalue weighted by Crippen LogP contribution is -2.06. The van der Waals surface area contributed by atoms with Crippen LogP contribution in [-0.4, -0.2) is 27.5 Å². The molecule has 21 heavy (non-hydrogen) atoms. The lowest BCUT2D eigenvalue weighted by Gasteiger charge is -2.09. The number of aryl methyl sites for hydroxylation is 1. The fourth-order valence-corrected chi connectivity index (χ4v) is 2.01. The van der Waals surface area contributed by atoms with Gasteiger partial charge in [0.15, 0.2) is 5.82 Å². The molecule has 6 nitrogen and oxygen atoms in total. The van der Waals surface area contributed by atoms with Gasteiger partial charge in [0.1, 0.15) is 11.3 Å². The topological polar surface area (TPSA) is 90.4 Å². The number of hydrogen-bond acceptors (Lipinski definition) is 5. The highest BCUT2D eigenvalue weighted by atomic mass is 19.1. The number of aromatic nitrogens is 2. The number of nitrogens with zero attached hydrogens (tertiary/aromatic N) is 2. The first-order valence-corrected chi connectivity index (χ1v) is 6.38. The Morgan fingerprint density at radius 1 is 1.52 bits per heavy atom. The molecule has 0 radical (unpaired) electrons. The predicted molar refractivity (Wildman–Crippen MR) is 74.9 cm³/mol. The first-order chi connectivity index (χ1) is 9.99. The van der Waals surface area contributed by atoms with Crippen LogP contribution in [0.1, 0.15) is 22.8 Å². The van der Waals surface area contributed by atoms with E-state index in [9.17, 15) is 9.18 Å². The summed E-state index contributed by atoms with van der Waals surface area (Å²) in [6, 6.07) is 2.93. The number of nitrogen functional groups attached to an aromatic ring is 1. The summed E-state index contributed by atoms with van der Waals surface area (Å²) in [4.78, 5) is 11.9. The van der Waals surface area contributed by atoms with Crippen molar-refractivity contribution in [3.8, 4) is 11.3 Å². The van der Waals surface area contributed by atoms with E-state index in [1.165, 1.54) is 23.0 Å². The number of benzene rings is 1. The predicted octanol–water partition coefficient (Wildman–Crippen LogP) is 1.48. The van der Waals surface area contributed by atoms with Gasteiger partial charge in [0.2, 0.25) is 0 Å². The van der Waals surface area contributed by atoms with Crippen LogP contribution < -0.4 is 5.73 Å². The maximum absolute atomic E-state index is 14.0. The number of ether oxygens (including phenoxy) is 1. The van der Waals surface area contributed by atoms with Crippen LogP contribution in [-0.2, 0) is 18.4 Å². The average molecular weight is 293 g/mol. The maximum Gasteiger partial charge on any atom is 0.341 e. The maximum atomic E-state index is 14.0. The fourth-order valence-electron chi connectivity index (χ4n) is 2.01. The minimum absolute atomic E-state index is 0.0878. The molecule has 112 valence electrons. The van der Waals surface area contributed by atoms with E-state index >= 15 is 0 Å². The highest BCUT2D eigenvalue weighted by Crippen LogP contribution is 2.31. The van der Waals surface area contributed by atoms with E-state index < -0.39 is 18.4 Å². The van der Waals surface area contributed by atoms with Crippen LogP contribution in [0.25, 0.3) is 11.3 Å². The second kappa shape index (κ2) is 5.92. The third-order valence-corrected chi connectivity index (χ3v) is 3.01. The van der Waals surface area contributed by atoms with Crippen LogP contribution in [0.5, 0.6) is 0 Å². The van der Waals surface area contributed by atoms with Crippen molar-refractivity contribution < 1.29 is 19.0 Å². The number of rotatable bonds is 4. The first kappa shape index (κ1) is 15.0. The van der Waals surface area contributed by atoms with Crippen molar-refractivity contribution in [2.45, 2.75) is 13.5 Å². The van der Waals surface area contributed by atoms with Gasteiger partial charge in [-0.1, -0.05) is 12.1 Å². The molecule has 0 spiro atoms. The quantitative estimate of drug-likeness (QED) is 0.658. The number of aliphatic hydroxyl groups excluding tert-OH is 1. The van der Waals surface area contributed by atoms with Gasteiger partial charge in [-0.05, 0) is 6.92 Å². The van der Waals surface area contributed by atoms with Crippen molar-refractivity contribution in [1.82, 2.24) is 9.78 Å². The smallest absolute Gasteiger partial charge is 0.341 e. The third kappa shape index (κ3) is 2.73. The van der Waals surface area contributed by atoms with Gasteiger partial charge < -0.3 is 15.6 Å². The fraction of sp³-hybridized carbons (Fsp3) is 0.286. The molecule has 0 atom stereocenters. The molecule has 3 N–H and O–H groups in total. The van der Waals surface area contributed by atoms with Crippen LogP contribution in [0, 0.1) is 5.82 Å². The number of esters is 1. The standard InChI is InChI=1S/C14H16FN3O3/c1-3-21-14(20)10-6-18(2)17-13(10)9-5-4-8(7-19)11(15)12(9)16/h4-6,19H,3,7,16H2,1-2H3. The largest absolute Gasteiger partial charge is 0.462 e. The normalized spacial score (nSPS) is 10.7. The Kier molecular flexibility index (Phi) is 4.23. The summed E-state index contributed by atoms with van der Waals surface area (Å²) in [5.41, 5.74) is 6.43. The lowest BCUT2D eigenvalue weighted by atomic mass is 10.0. The van der Waals surface area contributed by atoms with Crippen molar-refractivity contribution in [2.24, 2.45) is 7.05 Å². The number of carbonyl (C=O) groups excluding carboxylic acids is 1. The SMILES string of the molecule is CCOC(=O)c1cn(C)nc1-c1ccc(CO)c(F)c1N. The van der Waals surface area contributed by atoms with Gasteiger partial charge in [-0.15, -0.1) is 0 Å². The monoisotopic (exact) mass is 293 g/mol. The van der Waals surface area contributed by atoms with Crippen molar-refractivity contribution in [3.63, 3.8) is 0 Å². The molecule has 2 aromatic rings. The van der Waals surface area contributed by atoms with Crippen molar-refractivity contribution in [1.29, 1.82) is 0 Å². The molecule has 1 aromatic heterocycles. The number of aliphatic hydroxyl groups is 1. The second-order valence-corrected chi connectivity index (χ2v) is 4.44. The number of anilines is 1. The van der Waals surface area contributed by atoms with Gasteiger partial charge in [0.05, 0.1) is 18.9 Å². The van der Waals surface area contributed by atoms with E-state index in [0.717, 1.165) is 0 Å². The Morgan fingerprint density at radius 3 is 2.86 bits per heavy atom. The first-order valence-electron chi connectivity index (χ1n) is 6.38. The van der Waals surface area contributed by atoms with Crippen LogP contribution in [0.15, 0.2) is 18.3 Å². The summed E-state index contributed by atoms with van der Waals surface area (Å²) in [6.45, 7) is 1.46. The summed E-state index contributed by atoms with van der Waals surface area (Å²) < 4.78 is 20.4. The van der Waals surface area contributed by atoms with E-state index in [1.807, 2.05) is 0 Å². The Bertz CT molecular complexity index is 682. The molecule has 0 fully saturated rings. The van der Waals surface area contributed by atoms with Crippen molar-refractivity contribution in [2.75, 3.05) is 12.3 Å². The molecule has 0 saturated heterocycles. The van der Waals surface area contributed by atoms with E-state index in [1.54, 1.807) is 14.0 Å². The molecule has 0 aliphatic rings. The molecule has 7 heteroatoms. The molecule has 0 unspecified atom stereocenters. The van der Waals surface area contributed by atoms with Crippen LogP contribution in [0.2, 0.25) is 0 Å². The molecule has 2 rings (SSSR count).